The van der Waals surface area contributed by atoms with Crippen LogP contribution in [0.3, 0.4) is 0 Å². The first-order chi connectivity index (χ1) is 12.7. The smallest absolute Gasteiger partial charge is 0.186 e. The van der Waals surface area contributed by atoms with Crippen molar-refractivity contribution in [3.8, 4) is 11.3 Å². The average Bonchev–Trinajstić information content (AvgIpc) is 3.25. The lowest BCUT2D eigenvalue weighted by atomic mass is 10.0. The molecule has 0 radical (unpaired) electrons. The number of aromatic nitrogens is 2. The van der Waals surface area contributed by atoms with Gasteiger partial charge in [0.25, 0.3) is 0 Å². The summed E-state index contributed by atoms with van der Waals surface area (Å²) < 4.78 is 19.8. The van der Waals surface area contributed by atoms with Gasteiger partial charge in [-0.15, -0.1) is 0 Å². The Balaban J connectivity index is 1.45. The highest BCUT2D eigenvalue weighted by Gasteiger charge is 2.26. The van der Waals surface area contributed by atoms with Gasteiger partial charge in [0.05, 0.1) is 16.8 Å². The Hall–Kier alpha value is -2.44. The van der Waals surface area contributed by atoms with Gasteiger partial charge in [-0.1, -0.05) is 28.1 Å². The summed E-state index contributed by atoms with van der Waals surface area (Å²) in [6.07, 6.45) is 0.808. The monoisotopic (exact) mass is 385 g/mol. The minimum Gasteiger partial charge on any atom is -0.356 e. The van der Waals surface area contributed by atoms with Gasteiger partial charge in [-0.2, -0.15) is 0 Å². The first kappa shape index (κ1) is 15.8. The Kier molecular flexibility index (Phi) is 3.69. The molecule has 2 aromatic heterocycles. The van der Waals surface area contributed by atoms with Crippen molar-refractivity contribution < 1.29 is 8.91 Å². The molecule has 26 heavy (non-hydrogen) atoms. The zero-order chi connectivity index (χ0) is 17.7. The molecule has 4 aromatic rings. The molecule has 0 unspecified atom stereocenters. The SMILES string of the molecule is Fc1ccc(-c2onc3c2CCN(c2nc4ccc(Cl)cc4s2)C3)cc1. The molecule has 0 atom stereocenters. The molecule has 130 valence electrons. The largest absolute Gasteiger partial charge is 0.356 e. The molecule has 4 nitrogen and oxygen atoms in total. The minimum atomic E-state index is -0.260. The van der Waals surface area contributed by atoms with Gasteiger partial charge in [-0.25, -0.2) is 9.37 Å². The molecule has 2 aromatic carbocycles. The van der Waals surface area contributed by atoms with E-state index in [2.05, 4.69) is 10.1 Å². The molecular formula is C19H13ClFN3OS. The van der Waals surface area contributed by atoms with Gasteiger partial charge in [-0.3, -0.25) is 0 Å². The van der Waals surface area contributed by atoms with Crippen molar-refractivity contribution in [2.24, 2.45) is 0 Å². The van der Waals surface area contributed by atoms with E-state index in [0.717, 1.165) is 50.9 Å². The number of hydrogen-bond acceptors (Lipinski definition) is 5. The average molecular weight is 386 g/mol. The van der Waals surface area contributed by atoms with E-state index < -0.39 is 0 Å². The molecule has 0 bridgehead atoms. The number of rotatable bonds is 2. The Morgan fingerprint density at radius 3 is 2.85 bits per heavy atom. The van der Waals surface area contributed by atoms with Gasteiger partial charge in [-0.05, 0) is 48.9 Å². The van der Waals surface area contributed by atoms with Gasteiger partial charge >= 0.3 is 0 Å². The first-order valence-corrected chi connectivity index (χ1v) is 9.41. The van der Waals surface area contributed by atoms with Crippen molar-refractivity contribution in [1.29, 1.82) is 0 Å². The zero-order valence-corrected chi connectivity index (χ0v) is 15.1. The lowest BCUT2D eigenvalue weighted by molar-refractivity contribution is 0.423. The Bertz CT molecular complexity index is 1110. The number of thiazole rings is 1. The molecule has 0 amide bonds. The summed E-state index contributed by atoms with van der Waals surface area (Å²) in [6.45, 7) is 1.48. The molecule has 0 spiro atoms. The predicted octanol–water partition coefficient (Wildman–Crippen LogP) is 5.31. The predicted molar refractivity (Wildman–Crippen MR) is 101 cm³/mol. The molecule has 1 aliphatic heterocycles. The van der Waals surface area contributed by atoms with E-state index in [0.29, 0.717) is 11.6 Å². The second-order valence-corrected chi connectivity index (χ2v) is 7.67. The Morgan fingerprint density at radius 2 is 2.00 bits per heavy atom. The number of benzene rings is 2. The van der Waals surface area contributed by atoms with Crippen LogP contribution in [0, 0.1) is 5.82 Å². The third-order valence-corrected chi connectivity index (χ3v) is 5.87. The molecule has 0 saturated heterocycles. The van der Waals surface area contributed by atoms with Crippen molar-refractivity contribution in [3.05, 3.63) is 64.6 Å². The molecule has 0 saturated carbocycles. The highest BCUT2D eigenvalue weighted by molar-refractivity contribution is 7.22. The molecule has 1 aliphatic rings. The van der Waals surface area contributed by atoms with Crippen LogP contribution in [0.4, 0.5) is 9.52 Å². The second kappa shape index (κ2) is 6.07. The van der Waals surface area contributed by atoms with Crippen LogP contribution in [0.5, 0.6) is 0 Å². The van der Waals surface area contributed by atoms with E-state index in [9.17, 15) is 4.39 Å². The van der Waals surface area contributed by atoms with E-state index >= 15 is 0 Å². The van der Waals surface area contributed by atoms with E-state index in [1.807, 2.05) is 18.2 Å². The minimum absolute atomic E-state index is 0.260. The maximum absolute atomic E-state index is 13.2. The van der Waals surface area contributed by atoms with Crippen LogP contribution in [-0.2, 0) is 13.0 Å². The lowest BCUT2D eigenvalue weighted by Crippen LogP contribution is -2.30. The van der Waals surface area contributed by atoms with Crippen LogP contribution in [0.1, 0.15) is 11.3 Å². The van der Waals surface area contributed by atoms with E-state index in [1.54, 1.807) is 23.5 Å². The molecule has 0 N–H and O–H groups in total. The summed E-state index contributed by atoms with van der Waals surface area (Å²) >= 11 is 7.70. The van der Waals surface area contributed by atoms with Crippen molar-refractivity contribution in [2.75, 3.05) is 11.4 Å². The van der Waals surface area contributed by atoms with Gasteiger partial charge in [0, 0.05) is 22.7 Å². The van der Waals surface area contributed by atoms with Crippen LogP contribution in [0.2, 0.25) is 5.02 Å². The highest BCUT2D eigenvalue weighted by Crippen LogP contribution is 2.35. The van der Waals surface area contributed by atoms with E-state index in [1.165, 1.54) is 12.1 Å². The fourth-order valence-electron chi connectivity index (χ4n) is 3.24. The topological polar surface area (TPSA) is 42.2 Å². The van der Waals surface area contributed by atoms with Crippen LogP contribution in [0.15, 0.2) is 47.0 Å². The summed E-state index contributed by atoms with van der Waals surface area (Å²) in [4.78, 5) is 6.92. The third-order valence-electron chi connectivity index (χ3n) is 4.56. The van der Waals surface area contributed by atoms with Crippen molar-refractivity contribution >= 4 is 38.3 Å². The van der Waals surface area contributed by atoms with Crippen molar-refractivity contribution in [1.82, 2.24) is 10.1 Å². The van der Waals surface area contributed by atoms with Gasteiger partial charge in [0.15, 0.2) is 10.9 Å². The maximum Gasteiger partial charge on any atom is 0.186 e. The fourth-order valence-corrected chi connectivity index (χ4v) is 4.51. The van der Waals surface area contributed by atoms with Crippen LogP contribution < -0.4 is 4.90 Å². The fraction of sp³-hybridized carbons (Fsp3) is 0.158. The zero-order valence-electron chi connectivity index (χ0n) is 13.6. The molecule has 0 fully saturated rings. The van der Waals surface area contributed by atoms with Crippen LogP contribution in [-0.4, -0.2) is 16.7 Å². The molecular weight excluding hydrogens is 373 g/mol. The van der Waals surface area contributed by atoms with E-state index in [-0.39, 0.29) is 5.82 Å². The second-order valence-electron chi connectivity index (χ2n) is 6.22. The summed E-state index contributed by atoms with van der Waals surface area (Å²) in [5, 5.41) is 5.92. The van der Waals surface area contributed by atoms with Crippen molar-refractivity contribution in [2.45, 2.75) is 13.0 Å². The number of anilines is 1. The summed E-state index contributed by atoms with van der Waals surface area (Å²) in [7, 11) is 0. The Morgan fingerprint density at radius 1 is 1.15 bits per heavy atom. The number of halogens is 2. The normalized spacial score (nSPS) is 14.0. The molecule has 0 aliphatic carbocycles. The number of nitrogens with zero attached hydrogens (tertiary/aromatic N) is 3. The van der Waals surface area contributed by atoms with Crippen molar-refractivity contribution in [3.63, 3.8) is 0 Å². The molecule has 5 rings (SSSR count). The first-order valence-electron chi connectivity index (χ1n) is 8.22. The standard InChI is InChI=1S/C19H13ClFN3OS/c20-12-3-6-15-17(9-12)26-19(22-15)24-8-7-14-16(10-24)23-25-18(14)11-1-4-13(21)5-2-11/h1-6,9H,7-8,10H2. The quantitative estimate of drug-likeness (QED) is 0.469. The third kappa shape index (κ3) is 2.66. The number of hydrogen-bond donors (Lipinski definition) is 0. The lowest BCUT2D eigenvalue weighted by Gasteiger charge is -2.25. The van der Waals surface area contributed by atoms with Gasteiger partial charge in [0.2, 0.25) is 0 Å². The summed E-state index contributed by atoms with van der Waals surface area (Å²) in [6, 6.07) is 12.1. The van der Waals surface area contributed by atoms with Crippen LogP contribution in [0.25, 0.3) is 21.5 Å². The summed E-state index contributed by atoms with van der Waals surface area (Å²) in [5.41, 5.74) is 3.81. The summed E-state index contributed by atoms with van der Waals surface area (Å²) in [5.74, 6) is 0.472. The number of fused-ring (bicyclic) bond motifs is 2. The maximum atomic E-state index is 13.2. The van der Waals surface area contributed by atoms with Gasteiger partial charge < -0.3 is 9.42 Å². The van der Waals surface area contributed by atoms with E-state index in [4.69, 9.17) is 21.1 Å². The highest BCUT2D eigenvalue weighted by atomic mass is 35.5. The van der Waals surface area contributed by atoms with Gasteiger partial charge in [0.1, 0.15) is 11.5 Å². The van der Waals surface area contributed by atoms with Crippen LogP contribution >= 0.6 is 22.9 Å². The molecule has 7 heteroatoms. The Labute approximate surface area is 157 Å². The molecule has 3 heterocycles.